The van der Waals surface area contributed by atoms with E-state index in [1.54, 1.807) is 0 Å². The lowest BCUT2D eigenvalue weighted by Crippen LogP contribution is -2.15. The second kappa shape index (κ2) is 11.2. The lowest BCUT2D eigenvalue weighted by molar-refractivity contribution is 0.111. The second-order valence-electron chi connectivity index (χ2n) is 9.69. The molecule has 0 radical (unpaired) electrons. The van der Waals surface area contributed by atoms with Crippen LogP contribution in [0.1, 0.15) is 119 Å². The molecule has 1 aromatic carbocycles. The van der Waals surface area contributed by atoms with Gasteiger partial charge >= 0.3 is 0 Å². The summed E-state index contributed by atoms with van der Waals surface area (Å²) < 4.78 is 27.8. The SMILES string of the molecule is CCC[C@H]1CC[C@H](CCCCC2CCC(c3cc(F)c(C=O)c(F)c3)CC2)CC1. The van der Waals surface area contributed by atoms with E-state index in [0.29, 0.717) is 0 Å². The number of hydrogen-bond donors (Lipinski definition) is 0. The minimum Gasteiger partial charge on any atom is -0.298 e. The number of aldehydes is 1. The fourth-order valence-electron chi connectivity index (χ4n) is 5.82. The summed E-state index contributed by atoms with van der Waals surface area (Å²) in [5.74, 6) is 1.53. The first kappa shape index (κ1) is 22.4. The van der Waals surface area contributed by atoms with Crippen molar-refractivity contribution in [3.63, 3.8) is 0 Å². The van der Waals surface area contributed by atoms with Crippen LogP contribution in [0, 0.1) is 29.4 Å². The third-order valence-corrected chi connectivity index (χ3v) is 7.68. The molecule has 29 heavy (non-hydrogen) atoms. The Bertz CT molecular complexity index is 617. The van der Waals surface area contributed by atoms with E-state index in [0.717, 1.165) is 49.0 Å². The molecule has 3 rings (SSSR count). The molecule has 0 unspecified atom stereocenters. The number of carbonyl (C=O) groups excluding carboxylic acids is 1. The van der Waals surface area contributed by atoms with Crippen LogP contribution in [-0.2, 0) is 0 Å². The minimum atomic E-state index is -0.721. The van der Waals surface area contributed by atoms with Crippen molar-refractivity contribution in [2.75, 3.05) is 0 Å². The van der Waals surface area contributed by atoms with Crippen LogP contribution in [0.4, 0.5) is 8.78 Å². The zero-order valence-corrected chi connectivity index (χ0v) is 18.1. The van der Waals surface area contributed by atoms with Crippen LogP contribution in [0.25, 0.3) is 0 Å². The van der Waals surface area contributed by atoms with Crippen LogP contribution in [0.15, 0.2) is 12.1 Å². The van der Waals surface area contributed by atoms with E-state index >= 15 is 0 Å². The molecule has 0 atom stereocenters. The molecule has 0 bridgehead atoms. The van der Waals surface area contributed by atoms with Crippen molar-refractivity contribution in [3.05, 3.63) is 34.9 Å². The molecule has 0 amide bonds. The maximum Gasteiger partial charge on any atom is 0.155 e. The second-order valence-corrected chi connectivity index (χ2v) is 9.69. The Morgan fingerprint density at radius 3 is 1.69 bits per heavy atom. The summed E-state index contributed by atoms with van der Waals surface area (Å²) in [5, 5.41) is 0. The van der Waals surface area contributed by atoms with E-state index in [1.807, 2.05) is 0 Å². The highest BCUT2D eigenvalue weighted by Crippen LogP contribution is 2.39. The van der Waals surface area contributed by atoms with Crippen LogP contribution in [0.5, 0.6) is 0 Å². The average Bonchev–Trinajstić information content (AvgIpc) is 2.73. The van der Waals surface area contributed by atoms with Gasteiger partial charge in [0.1, 0.15) is 11.6 Å². The first-order valence-corrected chi connectivity index (χ1v) is 12.0. The van der Waals surface area contributed by atoms with Crippen LogP contribution in [0.3, 0.4) is 0 Å². The maximum absolute atomic E-state index is 13.9. The number of unbranched alkanes of at least 4 members (excludes halogenated alkanes) is 1. The third kappa shape index (κ3) is 6.36. The molecule has 3 heteroatoms. The van der Waals surface area contributed by atoms with Gasteiger partial charge in [0.15, 0.2) is 6.29 Å². The highest BCUT2D eigenvalue weighted by atomic mass is 19.1. The van der Waals surface area contributed by atoms with E-state index in [2.05, 4.69) is 6.92 Å². The Morgan fingerprint density at radius 1 is 0.793 bits per heavy atom. The molecular formula is C26H38F2O. The summed E-state index contributed by atoms with van der Waals surface area (Å²) in [7, 11) is 0. The van der Waals surface area contributed by atoms with E-state index in [9.17, 15) is 13.6 Å². The van der Waals surface area contributed by atoms with E-state index < -0.39 is 17.2 Å². The van der Waals surface area contributed by atoms with E-state index in [4.69, 9.17) is 0 Å². The van der Waals surface area contributed by atoms with Gasteiger partial charge in [-0.05, 0) is 67.1 Å². The molecule has 2 saturated carbocycles. The van der Waals surface area contributed by atoms with Gasteiger partial charge in [0.2, 0.25) is 0 Å². The molecule has 1 nitrogen and oxygen atoms in total. The molecule has 0 saturated heterocycles. The first-order valence-electron chi connectivity index (χ1n) is 12.0. The van der Waals surface area contributed by atoms with Crippen LogP contribution >= 0.6 is 0 Å². The van der Waals surface area contributed by atoms with Crippen molar-refractivity contribution in [2.45, 2.75) is 103 Å². The summed E-state index contributed by atoms with van der Waals surface area (Å²) in [4.78, 5) is 10.8. The zero-order chi connectivity index (χ0) is 20.6. The molecular weight excluding hydrogens is 366 g/mol. The van der Waals surface area contributed by atoms with Crippen molar-refractivity contribution < 1.29 is 13.6 Å². The van der Waals surface area contributed by atoms with Crippen LogP contribution in [0.2, 0.25) is 0 Å². The van der Waals surface area contributed by atoms with Crippen molar-refractivity contribution in [1.82, 2.24) is 0 Å². The molecule has 0 aromatic heterocycles. The zero-order valence-electron chi connectivity index (χ0n) is 18.1. The summed E-state index contributed by atoms with van der Waals surface area (Å²) in [6.07, 6.45) is 18.6. The molecule has 0 aliphatic heterocycles. The highest BCUT2D eigenvalue weighted by Gasteiger charge is 2.24. The summed E-state index contributed by atoms with van der Waals surface area (Å²) >= 11 is 0. The van der Waals surface area contributed by atoms with Gasteiger partial charge in [-0.3, -0.25) is 4.79 Å². The largest absolute Gasteiger partial charge is 0.298 e. The number of rotatable bonds is 9. The molecule has 0 heterocycles. The van der Waals surface area contributed by atoms with Crippen molar-refractivity contribution in [1.29, 1.82) is 0 Å². The van der Waals surface area contributed by atoms with Gasteiger partial charge in [0.05, 0.1) is 5.56 Å². The summed E-state index contributed by atoms with van der Waals surface area (Å²) in [5.41, 5.74) is 0.281. The highest BCUT2D eigenvalue weighted by molar-refractivity contribution is 5.75. The molecule has 2 fully saturated rings. The van der Waals surface area contributed by atoms with Crippen molar-refractivity contribution in [3.8, 4) is 0 Å². The normalized spacial score (nSPS) is 27.7. The number of carbonyl (C=O) groups is 1. The fraction of sp³-hybridized carbons (Fsp3) is 0.731. The van der Waals surface area contributed by atoms with E-state index in [1.165, 1.54) is 76.3 Å². The smallest absolute Gasteiger partial charge is 0.155 e. The number of halogens is 2. The van der Waals surface area contributed by atoms with Crippen molar-refractivity contribution in [2.24, 2.45) is 17.8 Å². The van der Waals surface area contributed by atoms with E-state index in [-0.39, 0.29) is 12.2 Å². The predicted molar refractivity (Wildman–Crippen MR) is 115 cm³/mol. The first-order chi connectivity index (χ1) is 14.1. The average molecular weight is 405 g/mol. The minimum absolute atomic E-state index is 0.231. The monoisotopic (exact) mass is 404 g/mol. The van der Waals surface area contributed by atoms with Gasteiger partial charge in [-0.25, -0.2) is 8.78 Å². The molecule has 0 spiro atoms. The molecule has 0 N–H and O–H groups in total. The Hall–Kier alpha value is -1.25. The maximum atomic E-state index is 13.9. The molecule has 1 aromatic rings. The van der Waals surface area contributed by atoms with Gasteiger partial charge in [0, 0.05) is 0 Å². The summed E-state index contributed by atoms with van der Waals surface area (Å²) in [6.45, 7) is 2.31. The van der Waals surface area contributed by atoms with Gasteiger partial charge in [-0.2, -0.15) is 0 Å². The predicted octanol–water partition coefficient (Wildman–Crippen LogP) is 8.22. The van der Waals surface area contributed by atoms with Crippen LogP contribution < -0.4 is 0 Å². The lowest BCUT2D eigenvalue weighted by atomic mass is 9.76. The van der Waals surface area contributed by atoms with Gasteiger partial charge in [0.25, 0.3) is 0 Å². The Morgan fingerprint density at radius 2 is 1.24 bits per heavy atom. The molecule has 162 valence electrons. The lowest BCUT2D eigenvalue weighted by Gasteiger charge is -2.30. The number of benzene rings is 1. The number of hydrogen-bond acceptors (Lipinski definition) is 1. The Kier molecular flexibility index (Phi) is 8.68. The van der Waals surface area contributed by atoms with Gasteiger partial charge in [-0.15, -0.1) is 0 Å². The van der Waals surface area contributed by atoms with Crippen molar-refractivity contribution >= 4 is 6.29 Å². The quantitative estimate of drug-likeness (QED) is 0.299. The van der Waals surface area contributed by atoms with Gasteiger partial charge in [-0.1, -0.05) is 71.1 Å². The fourth-order valence-corrected chi connectivity index (χ4v) is 5.82. The third-order valence-electron chi connectivity index (χ3n) is 7.68. The molecule has 2 aliphatic carbocycles. The standard InChI is InChI=1S/C26H38F2O/c1-2-5-19-8-10-20(11-9-19)6-3-4-7-21-12-14-22(15-13-21)23-16-25(27)24(18-29)26(28)17-23/h16-22H,2-15H2,1H3/t19-,20-,21?,22?. The Labute approximate surface area is 175 Å². The topological polar surface area (TPSA) is 17.1 Å². The molecule has 2 aliphatic rings. The van der Waals surface area contributed by atoms with Gasteiger partial charge < -0.3 is 0 Å². The van der Waals surface area contributed by atoms with Crippen LogP contribution in [-0.4, -0.2) is 6.29 Å². The Balaban J connectivity index is 1.33. The summed E-state index contributed by atoms with van der Waals surface area (Å²) in [6, 6.07) is 2.74.